The number of aryl methyl sites for hydroxylation is 1. The number of pyridine rings is 1. The quantitative estimate of drug-likeness (QED) is 0.614. The fraction of sp³-hybridized carbons (Fsp3) is 0.368. The van der Waals surface area contributed by atoms with E-state index in [1.54, 1.807) is 10.7 Å². The number of rotatable bonds is 5. The molecule has 0 saturated carbocycles. The summed E-state index contributed by atoms with van der Waals surface area (Å²) in [6, 6.07) is 4.85. The number of hydrogen-bond donors (Lipinski definition) is 1. The van der Waals surface area contributed by atoms with Gasteiger partial charge in [0.2, 0.25) is 0 Å². The van der Waals surface area contributed by atoms with E-state index < -0.39 is 36.8 Å². The lowest BCUT2D eigenvalue weighted by atomic mass is 10.0. The van der Waals surface area contributed by atoms with Crippen LogP contribution in [0.25, 0.3) is 11.3 Å². The van der Waals surface area contributed by atoms with Gasteiger partial charge in [-0.25, -0.2) is 8.78 Å². The maximum absolute atomic E-state index is 13.0. The summed E-state index contributed by atoms with van der Waals surface area (Å²) >= 11 is 0. The molecule has 0 aliphatic carbocycles. The number of nitrogens with zero attached hydrogens (tertiary/aromatic N) is 5. The highest BCUT2D eigenvalue weighted by Crippen LogP contribution is 2.32. The molecular weight excluding hydrogens is 423 g/mol. The van der Waals surface area contributed by atoms with Gasteiger partial charge in [-0.05, 0) is 37.1 Å². The molecule has 0 saturated heterocycles. The van der Waals surface area contributed by atoms with E-state index >= 15 is 0 Å². The van der Waals surface area contributed by atoms with Crippen molar-refractivity contribution in [2.75, 3.05) is 0 Å². The van der Waals surface area contributed by atoms with E-state index in [1.165, 1.54) is 18.3 Å². The van der Waals surface area contributed by atoms with Gasteiger partial charge in [0.1, 0.15) is 17.9 Å². The highest BCUT2D eigenvalue weighted by atomic mass is 19.4. The minimum absolute atomic E-state index is 0.00103. The molecule has 1 atom stereocenters. The first-order valence-electron chi connectivity index (χ1n) is 9.44. The second-order valence-electron chi connectivity index (χ2n) is 7.06. The molecule has 1 aliphatic rings. The van der Waals surface area contributed by atoms with Crippen molar-refractivity contribution in [3.05, 3.63) is 53.7 Å². The number of alkyl halides is 5. The summed E-state index contributed by atoms with van der Waals surface area (Å²) in [6.07, 6.45) is -3.65. The first-order chi connectivity index (χ1) is 14.7. The van der Waals surface area contributed by atoms with E-state index in [-0.39, 0.29) is 11.3 Å². The maximum Gasteiger partial charge on any atom is 0.433 e. The third-order valence-electron chi connectivity index (χ3n) is 4.94. The van der Waals surface area contributed by atoms with Crippen LogP contribution in [0.4, 0.5) is 22.0 Å². The van der Waals surface area contributed by atoms with Crippen molar-refractivity contribution in [2.24, 2.45) is 0 Å². The Balaban J connectivity index is 1.58. The van der Waals surface area contributed by atoms with Gasteiger partial charge in [0.05, 0.1) is 17.4 Å². The van der Waals surface area contributed by atoms with E-state index in [4.69, 9.17) is 0 Å². The van der Waals surface area contributed by atoms with E-state index in [0.29, 0.717) is 30.8 Å². The molecule has 164 valence electrons. The van der Waals surface area contributed by atoms with Gasteiger partial charge in [-0.2, -0.15) is 23.4 Å². The van der Waals surface area contributed by atoms with Crippen molar-refractivity contribution in [1.82, 2.24) is 29.9 Å². The molecule has 1 N–H and O–H groups in total. The predicted molar refractivity (Wildman–Crippen MR) is 98.1 cm³/mol. The lowest BCUT2D eigenvalue weighted by molar-refractivity contribution is -0.141. The first-order valence-corrected chi connectivity index (χ1v) is 9.44. The van der Waals surface area contributed by atoms with Gasteiger partial charge < -0.3 is 5.32 Å². The monoisotopic (exact) mass is 440 g/mol. The number of amides is 1. The molecule has 4 heterocycles. The van der Waals surface area contributed by atoms with E-state index in [9.17, 15) is 26.7 Å². The summed E-state index contributed by atoms with van der Waals surface area (Å²) in [6.45, 7) is -0.158. The number of hydrogen-bond acceptors (Lipinski definition) is 4. The summed E-state index contributed by atoms with van der Waals surface area (Å²) < 4.78 is 66.9. The number of halogens is 5. The van der Waals surface area contributed by atoms with Gasteiger partial charge in [-0.3, -0.25) is 19.1 Å². The van der Waals surface area contributed by atoms with Crippen LogP contribution in [0.2, 0.25) is 0 Å². The van der Waals surface area contributed by atoms with Crippen LogP contribution in [0.3, 0.4) is 0 Å². The molecule has 1 unspecified atom stereocenters. The van der Waals surface area contributed by atoms with Gasteiger partial charge in [0.15, 0.2) is 0 Å². The average molecular weight is 440 g/mol. The van der Waals surface area contributed by atoms with Crippen molar-refractivity contribution >= 4 is 5.91 Å². The minimum Gasteiger partial charge on any atom is -0.342 e. The molecule has 0 radical (unpaired) electrons. The molecular formula is C19H17F5N6O. The molecule has 1 amide bonds. The summed E-state index contributed by atoms with van der Waals surface area (Å²) in [5.41, 5.74) is 0.185. The lowest BCUT2D eigenvalue weighted by Crippen LogP contribution is -2.34. The number of carbonyl (C=O) groups is 1. The van der Waals surface area contributed by atoms with Gasteiger partial charge in [0, 0.05) is 24.5 Å². The normalized spacial score (nSPS) is 16.4. The van der Waals surface area contributed by atoms with Crippen LogP contribution in [0.1, 0.15) is 40.8 Å². The van der Waals surface area contributed by atoms with Crippen molar-refractivity contribution in [2.45, 2.75) is 44.6 Å². The Labute approximate surface area is 172 Å². The number of nitrogens with one attached hydrogen (secondary N) is 1. The molecule has 3 aromatic rings. The third-order valence-corrected chi connectivity index (χ3v) is 4.94. The summed E-state index contributed by atoms with van der Waals surface area (Å²) in [7, 11) is 0. The molecule has 0 bridgehead atoms. The fourth-order valence-corrected chi connectivity index (χ4v) is 3.55. The molecule has 0 aromatic carbocycles. The Morgan fingerprint density at radius 3 is 2.77 bits per heavy atom. The highest BCUT2D eigenvalue weighted by molar-refractivity contribution is 5.92. The zero-order valence-electron chi connectivity index (χ0n) is 16.0. The zero-order valence-corrected chi connectivity index (χ0v) is 16.0. The van der Waals surface area contributed by atoms with Crippen LogP contribution in [-0.2, 0) is 19.3 Å². The largest absolute Gasteiger partial charge is 0.433 e. The average Bonchev–Trinajstić information content (AvgIpc) is 3.34. The van der Waals surface area contributed by atoms with Gasteiger partial charge in [-0.15, -0.1) is 0 Å². The molecule has 31 heavy (non-hydrogen) atoms. The van der Waals surface area contributed by atoms with E-state index in [0.717, 1.165) is 16.9 Å². The summed E-state index contributed by atoms with van der Waals surface area (Å²) in [5, 5.41) is 10.9. The first kappa shape index (κ1) is 20.9. The Kier molecular flexibility index (Phi) is 5.46. The minimum atomic E-state index is -4.58. The van der Waals surface area contributed by atoms with Crippen LogP contribution < -0.4 is 5.32 Å². The second kappa shape index (κ2) is 8.08. The molecule has 1 aliphatic heterocycles. The Morgan fingerprint density at radius 2 is 2.03 bits per heavy atom. The summed E-state index contributed by atoms with van der Waals surface area (Å²) in [5.74, 6) is -0.567. The molecule has 0 spiro atoms. The van der Waals surface area contributed by atoms with Crippen LogP contribution in [0.15, 0.2) is 36.7 Å². The van der Waals surface area contributed by atoms with Crippen molar-refractivity contribution in [3.8, 4) is 11.3 Å². The number of aromatic nitrogens is 5. The third kappa shape index (κ3) is 4.42. The topological polar surface area (TPSA) is 77.6 Å². The van der Waals surface area contributed by atoms with Crippen molar-refractivity contribution in [3.63, 3.8) is 0 Å². The number of carbonyl (C=O) groups excluding carboxylic acids is 1. The molecule has 0 fully saturated rings. The molecule has 3 aromatic heterocycles. The standard InChI is InChI=1S/C19H17F5N6O/c20-17(21)10-30-14(4-6-26-30)18(31)27-12-2-1-7-29-15(12)9-13(28-29)11-3-5-25-16(8-11)19(22,23)24/h3-6,8-9,12,17H,1-2,7,10H2,(H,27,31). The van der Waals surface area contributed by atoms with Crippen molar-refractivity contribution < 1.29 is 26.7 Å². The smallest absolute Gasteiger partial charge is 0.342 e. The van der Waals surface area contributed by atoms with Gasteiger partial charge in [0.25, 0.3) is 12.3 Å². The van der Waals surface area contributed by atoms with E-state index in [2.05, 4.69) is 20.5 Å². The second-order valence-corrected chi connectivity index (χ2v) is 7.06. The van der Waals surface area contributed by atoms with Crippen LogP contribution in [-0.4, -0.2) is 36.9 Å². The van der Waals surface area contributed by atoms with E-state index in [1.807, 2.05) is 0 Å². The maximum atomic E-state index is 13.0. The summed E-state index contributed by atoms with van der Waals surface area (Å²) in [4.78, 5) is 16.0. The fourth-order valence-electron chi connectivity index (χ4n) is 3.55. The number of fused-ring (bicyclic) bond motifs is 1. The predicted octanol–water partition coefficient (Wildman–Crippen LogP) is 3.69. The molecule has 4 rings (SSSR count). The Morgan fingerprint density at radius 1 is 1.23 bits per heavy atom. The molecule has 7 nitrogen and oxygen atoms in total. The van der Waals surface area contributed by atoms with Crippen LogP contribution in [0, 0.1) is 0 Å². The zero-order chi connectivity index (χ0) is 22.2. The Hall–Kier alpha value is -3.31. The highest BCUT2D eigenvalue weighted by Gasteiger charge is 2.33. The van der Waals surface area contributed by atoms with Gasteiger partial charge in [-0.1, -0.05) is 0 Å². The van der Waals surface area contributed by atoms with Crippen LogP contribution >= 0.6 is 0 Å². The van der Waals surface area contributed by atoms with Crippen LogP contribution in [0.5, 0.6) is 0 Å². The SMILES string of the molecule is O=C(NC1CCCn2nc(-c3ccnc(C(F)(F)F)c3)cc21)c1ccnn1CC(F)F. The Bertz CT molecular complexity index is 1090. The molecule has 12 heteroatoms. The van der Waals surface area contributed by atoms with Crippen molar-refractivity contribution in [1.29, 1.82) is 0 Å². The lowest BCUT2D eigenvalue weighted by Gasteiger charge is -2.24. The van der Waals surface area contributed by atoms with Gasteiger partial charge >= 0.3 is 6.18 Å².